The first-order valence-corrected chi connectivity index (χ1v) is 5.87. The molecule has 2 amide bonds. The zero-order valence-electron chi connectivity index (χ0n) is 10.5. The largest absolute Gasteiger partial charge is 0.355 e. The molecule has 0 aliphatic heterocycles. The summed E-state index contributed by atoms with van der Waals surface area (Å²) < 4.78 is 0. The lowest BCUT2D eigenvalue weighted by atomic mass is 10.1. The molecule has 0 heterocycles. The van der Waals surface area contributed by atoms with E-state index >= 15 is 0 Å². The van der Waals surface area contributed by atoms with Crippen molar-refractivity contribution in [3.63, 3.8) is 0 Å². The Morgan fingerprint density at radius 3 is 2.38 bits per heavy atom. The summed E-state index contributed by atoms with van der Waals surface area (Å²) in [5, 5.41) is 2.66. The minimum Gasteiger partial charge on any atom is -0.355 e. The van der Waals surface area contributed by atoms with Gasteiger partial charge in [-0.25, -0.2) is 0 Å². The van der Waals surface area contributed by atoms with Gasteiger partial charge in [-0.15, -0.1) is 0 Å². The fourth-order valence-electron chi connectivity index (χ4n) is 1.44. The van der Waals surface area contributed by atoms with Crippen LogP contribution >= 0.6 is 0 Å². The highest BCUT2D eigenvalue weighted by atomic mass is 16.2. The van der Waals surface area contributed by atoms with Crippen LogP contribution in [0.15, 0.2) is 0 Å². The van der Waals surface area contributed by atoms with E-state index in [9.17, 15) is 9.59 Å². The predicted octanol–water partition coefficient (Wildman–Crippen LogP) is 0.0984. The molecule has 0 spiro atoms. The number of carbonyl (C=O) groups is 2. The van der Waals surface area contributed by atoms with E-state index in [2.05, 4.69) is 5.32 Å². The Labute approximate surface area is 97.4 Å². The molecule has 0 radical (unpaired) electrons. The first-order valence-electron chi connectivity index (χ1n) is 5.87. The number of amides is 2. The molecule has 0 aromatic rings. The highest BCUT2D eigenvalue weighted by Gasteiger charge is 2.20. The van der Waals surface area contributed by atoms with Gasteiger partial charge in [0.25, 0.3) is 0 Å². The van der Waals surface area contributed by atoms with Gasteiger partial charge in [0.05, 0.1) is 12.6 Å². The Balaban J connectivity index is 4.26. The minimum atomic E-state index is -0.487. The smallest absolute Gasteiger partial charge is 0.239 e. The summed E-state index contributed by atoms with van der Waals surface area (Å²) in [5.74, 6) is -0.281. The van der Waals surface area contributed by atoms with Gasteiger partial charge in [0.1, 0.15) is 0 Å². The number of carbonyl (C=O) groups excluding carboxylic acids is 2. The van der Waals surface area contributed by atoms with E-state index in [4.69, 9.17) is 5.73 Å². The fraction of sp³-hybridized carbons (Fsp3) is 0.818. The molecule has 0 saturated carbocycles. The Hall–Kier alpha value is -1.10. The number of nitrogens with two attached hydrogens (primary N) is 1. The molecule has 0 aromatic carbocycles. The molecule has 0 aromatic heterocycles. The van der Waals surface area contributed by atoms with Crippen molar-refractivity contribution in [2.45, 2.75) is 39.7 Å². The maximum atomic E-state index is 11.8. The van der Waals surface area contributed by atoms with Gasteiger partial charge >= 0.3 is 0 Å². The average Bonchev–Trinajstić information content (AvgIpc) is 2.25. The normalized spacial score (nSPS) is 12.0. The third kappa shape index (κ3) is 5.11. The third-order valence-corrected chi connectivity index (χ3v) is 2.32. The predicted molar refractivity (Wildman–Crippen MR) is 63.8 cm³/mol. The van der Waals surface area contributed by atoms with Crippen molar-refractivity contribution in [1.82, 2.24) is 10.2 Å². The van der Waals surface area contributed by atoms with E-state index in [0.29, 0.717) is 19.5 Å². The van der Waals surface area contributed by atoms with Crippen molar-refractivity contribution >= 4 is 11.8 Å². The molecule has 0 aliphatic carbocycles. The van der Waals surface area contributed by atoms with Crippen LogP contribution in [0, 0.1) is 0 Å². The Bertz CT molecular complexity index is 231. The van der Waals surface area contributed by atoms with Crippen LogP contribution in [0.25, 0.3) is 0 Å². The van der Waals surface area contributed by atoms with E-state index in [-0.39, 0.29) is 18.4 Å². The van der Waals surface area contributed by atoms with E-state index in [1.165, 1.54) is 4.90 Å². The molecule has 0 rings (SSSR count). The van der Waals surface area contributed by atoms with Gasteiger partial charge < -0.3 is 16.0 Å². The second-order valence-corrected chi connectivity index (χ2v) is 3.70. The van der Waals surface area contributed by atoms with Crippen LogP contribution in [0.4, 0.5) is 0 Å². The topological polar surface area (TPSA) is 75.4 Å². The van der Waals surface area contributed by atoms with Crippen molar-refractivity contribution in [3.05, 3.63) is 0 Å². The first-order chi connectivity index (χ1) is 7.56. The third-order valence-electron chi connectivity index (χ3n) is 2.32. The lowest BCUT2D eigenvalue weighted by Gasteiger charge is -2.23. The van der Waals surface area contributed by atoms with Crippen molar-refractivity contribution in [2.75, 3.05) is 19.6 Å². The molecule has 0 bridgehead atoms. The Kier molecular flexibility index (Phi) is 7.54. The van der Waals surface area contributed by atoms with Crippen LogP contribution < -0.4 is 11.1 Å². The zero-order chi connectivity index (χ0) is 12.6. The highest BCUT2D eigenvalue weighted by Crippen LogP contribution is 1.99. The van der Waals surface area contributed by atoms with E-state index in [1.54, 1.807) is 0 Å². The molecule has 16 heavy (non-hydrogen) atoms. The van der Waals surface area contributed by atoms with Gasteiger partial charge in [-0.2, -0.15) is 0 Å². The van der Waals surface area contributed by atoms with Crippen molar-refractivity contribution in [1.29, 1.82) is 0 Å². The molecule has 0 unspecified atom stereocenters. The minimum absolute atomic E-state index is 0.0978. The van der Waals surface area contributed by atoms with Gasteiger partial charge in [-0.3, -0.25) is 9.59 Å². The van der Waals surface area contributed by atoms with Crippen LogP contribution in [0.5, 0.6) is 0 Å². The Morgan fingerprint density at radius 1 is 1.31 bits per heavy atom. The van der Waals surface area contributed by atoms with E-state index in [1.807, 2.05) is 20.8 Å². The van der Waals surface area contributed by atoms with E-state index < -0.39 is 6.04 Å². The van der Waals surface area contributed by atoms with Gasteiger partial charge in [0.15, 0.2) is 0 Å². The molecular formula is C11H23N3O2. The number of nitrogens with zero attached hydrogens (tertiary/aromatic N) is 1. The summed E-state index contributed by atoms with van der Waals surface area (Å²) in [6.07, 6.45) is 1.52. The molecule has 0 fully saturated rings. The summed E-state index contributed by atoms with van der Waals surface area (Å²) in [5.41, 5.74) is 5.73. The lowest BCUT2D eigenvalue weighted by molar-refractivity contribution is -0.137. The second-order valence-electron chi connectivity index (χ2n) is 3.70. The summed E-state index contributed by atoms with van der Waals surface area (Å²) in [7, 11) is 0. The van der Waals surface area contributed by atoms with Crippen LogP contribution in [-0.4, -0.2) is 42.4 Å². The highest BCUT2D eigenvalue weighted by molar-refractivity contribution is 5.87. The van der Waals surface area contributed by atoms with Crippen molar-refractivity contribution in [2.24, 2.45) is 5.73 Å². The van der Waals surface area contributed by atoms with Crippen LogP contribution in [-0.2, 0) is 9.59 Å². The number of nitrogens with one attached hydrogen (secondary N) is 1. The van der Waals surface area contributed by atoms with Crippen molar-refractivity contribution < 1.29 is 9.59 Å². The summed E-state index contributed by atoms with van der Waals surface area (Å²) >= 11 is 0. The molecule has 0 aliphatic rings. The molecule has 3 N–H and O–H groups in total. The number of hydrogen-bond donors (Lipinski definition) is 2. The van der Waals surface area contributed by atoms with Crippen LogP contribution in [0.1, 0.15) is 33.6 Å². The van der Waals surface area contributed by atoms with E-state index in [0.717, 1.165) is 6.42 Å². The number of likely N-dealkylation sites (N-methyl/N-ethyl adjacent to an activating group) is 2. The molecule has 94 valence electrons. The summed E-state index contributed by atoms with van der Waals surface area (Å²) in [6.45, 7) is 6.85. The standard InChI is InChI=1S/C11H23N3O2/c1-4-7-9(12)11(16)14(6-3)8-10(15)13-5-2/h9H,4-8,12H2,1-3H3,(H,13,15)/t9-/m0/s1. The summed E-state index contributed by atoms with van der Waals surface area (Å²) in [4.78, 5) is 24.7. The number of rotatable bonds is 7. The Morgan fingerprint density at radius 2 is 1.94 bits per heavy atom. The zero-order valence-corrected chi connectivity index (χ0v) is 10.5. The monoisotopic (exact) mass is 229 g/mol. The fourth-order valence-corrected chi connectivity index (χ4v) is 1.44. The van der Waals surface area contributed by atoms with Gasteiger partial charge in [0.2, 0.25) is 11.8 Å². The molecular weight excluding hydrogens is 206 g/mol. The SMILES string of the molecule is CCC[C@H](N)C(=O)N(CC)CC(=O)NCC. The maximum Gasteiger partial charge on any atom is 0.239 e. The van der Waals surface area contributed by atoms with Crippen LogP contribution in [0.2, 0.25) is 0 Å². The van der Waals surface area contributed by atoms with Gasteiger partial charge in [-0.1, -0.05) is 13.3 Å². The molecule has 1 atom stereocenters. The first kappa shape index (κ1) is 14.9. The molecule has 5 nitrogen and oxygen atoms in total. The lowest BCUT2D eigenvalue weighted by Crippen LogP contribution is -2.47. The quantitative estimate of drug-likeness (QED) is 0.650. The van der Waals surface area contributed by atoms with Gasteiger partial charge in [0, 0.05) is 13.1 Å². The van der Waals surface area contributed by atoms with Crippen molar-refractivity contribution in [3.8, 4) is 0 Å². The molecule has 5 heteroatoms. The van der Waals surface area contributed by atoms with Crippen LogP contribution in [0.3, 0.4) is 0 Å². The number of hydrogen-bond acceptors (Lipinski definition) is 3. The van der Waals surface area contributed by atoms with Gasteiger partial charge in [-0.05, 0) is 20.3 Å². The maximum absolute atomic E-state index is 11.8. The second kappa shape index (κ2) is 8.10. The average molecular weight is 229 g/mol. The molecule has 0 saturated heterocycles. The summed E-state index contributed by atoms with van der Waals surface area (Å²) in [6, 6.07) is -0.487.